The predicted molar refractivity (Wildman–Crippen MR) is 90.1 cm³/mol. The van der Waals surface area contributed by atoms with Crippen LogP contribution in [0.3, 0.4) is 0 Å². The monoisotopic (exact) mass is 325 g/mol. The number of hydrogen-bond donors (Lipinski definition) is 3. The number of carbonyl (C=O) groups is 2. The minimum atomic E-state index is -0.530. The normalized spacial score (nSPS) is 11.4. The molecule has 0 fully saturated rings. The quantitative estimate of drug-likeness (QED) is 0.752. The smallest absolute Gasteiger partial charge is 0.253 e. The third-order valence-corrected chi connectivity index (χ3v) is 3.38. The van der Waals surface area contributed by atoms with E-state index in [1.807, 2.05) is 27.7 Å². The molecule has 6 heteroatoms. The third kappa shape index (κ3) is 5.66. The van der Waals surface area contributed by atoms with Gasteiger partial charge in [0.05, 0.1) is 10.6 Å². The van der Waals surface area contributed by atoms with Crippen LogP contribution in [0.15, 0.2) is 18.2 Å². The van der Waals surface area contributed by atoms with E-state index in [-0.39, 0.29) is 17.7 Å². The van der Waals surface area contributed by atoms with Crippen molar-refractivity contribution in [1.29, 1.82) is 0 Å². The van der Waals surface area contributed by atoms with Crippen LogP contribution in [0.25, 0.3) is 0 Å². The summed E-state index contributed by atoms with van der Waals surface area (Å²) < 4.78 is 0. The fourth-order valence-corrected chi connectivity index (χ4v) is 1.99. The van der Waals surface area contributed by atoms with Gasteiger partial charge in [-0.2, -0.15) is 0 Å². The molecule has 122 valence electrons. The van der Waals surface area contributed by atoms with E-state index in [4.69, 9.17) is 17.3 Å². The number of rotatable bonds is 6. The summed E-state index contributed by atoms with van der Waals surface area (Å²) in [4.78, 5) is 24.1. The van der Waals surface area contributed by atoms with Crippen molar-refractivity contribution in [2.75, 3.05) is 11.9 Å². The second kappa shape index (κ2) is 7.61. The summed E-state index contributed by atoms with van der Waals surface area (Å²) in [5.41, 5.74) is 5.94. The minimum absolute atomic E-state index is 0.0917. The largest absolute Gasteiger partial charge is 0.346 e. The highest BCUT2D eigenvalue weighted by molar-refractivity contribution is 6.34. The van der Waals surface area contributed by atoms with Gasteiger partial charge < -0.3 is 16.4 Å². The zero-order valence-corrected chi connectivity index (χ0v) is 14.3. The molecule has 5 nitrogen and oxygen atoms in total. The lowest BCUT2D eigenvalue weighted by atomic mass is 10.0. The number of benzene rings is 1. The topological polar surface area (TPSA) is 84.2 Å². The van der Waals surface area contributed by atoms with Gasteiger partial charge in [-0.3, -0.25) is 9.59 Å². The zero-order chi connectivity index (χ0) is 16.9. The molecule has 0 radical (unpaired) electrons. The Morgan fingerprint density at radius 3 is 2.50 bits per heavy atom. The summed E-state index contributed by atoms with van der Waals surface area (Å²) in [5, 5.41) is 5.91. The SMILES string of the molecule is CC(C)CC(=O)Nc1ccc(Cl)c(C(=O)NC(C)(C)CN)c1. The zero-order valence-electron chi connectivity index (χ0n) is 13.5. The molecule has 4 N–H and O–H groups in total. The summed E-state index contributed by atoms with van der Waals surface area (Å²) in [5.74, 6) is -0.146. The van der Waals surface area contributed by atoms with Crippen molar-refractivity contribution in [1.82, 2.24) is 5.32 Å². The van der Waals surface area contributed by atoms with Gasteiger partial charge >= 0.3 is 0 Å². The molecular weight excluding hydrogens is 302 g/mol. The van der Waals surface area contributed by atoms with E-state index in [0.29, 0.717) is 29.2 Å². The van der Waals surface area contributed by atoms with Gasteiger partial charge in [-0.1, -0.05) is 25.4 Å². The molecule has 1 aromatic carbocycles. The molecule has 0 aliphatic rings. The van der Waals surface area contributed by atoms with Gasteiger partial charge in [0.25, 0.3) is 5.91 Å². The molecule has 1 aromatic rings. The third-order valence-electron chi connectivity index (χ3n) is 3.05. The molecule has 0 aliphatic carbocycles. The summed E-state index contributed by atoms with van der Waals surface area (Å²) in [6.07, 6.45) is 0.421. The van der Waals surface area contributed by atoms with Gasteiger partial charge in [-0.25, -0.2) is 0 Å². The first-order valence-corrected chi connectivity index (χ1v) is 7.64. The van der Waals surface area contributed by atoms with Crippen molar-refractivity contribution >= 4 is 29.1 Å². The summed E-state index contributed by atoms with van der Waals surface area (Å²) >= 11 is 6.08. The van der Waals surface area contributed by atoms with Gasteiger partial charge in [0.2, 0.25) is 5.91 Å². The Balaban J connectivity index is 2.90. The van der Waals surface area contributed by atoms with Crippen LogP contribution < -0.4 is 16.4 Å². The van der Waals surface area contributed by atoms with Crippen molar-refractivity contribution in [3.05, 3.63) is 28.8 Å². The first-order chi connectivity index (χ1) is 10.1. The van der Waals surface area contributed by atoms with Crippen LogP contribution in [-0.2, 0) is 4.79 Å². The maximum Gasteiger partial charge on any atom is 0.253 e. The van der Waals surface area contributed by atoms with E-state index in [1.165, 1.54) is 0 Å². The van der Waals surface area contributed by atoms with Crippen LogP contribution in [0.2, 0.25) is 5.02 Å². The molecule has 0 aliphatic heterocycles. The number of amides is 2. The van der Waals surface area contributed by atoms with E-state index < -0.39 is 5.54 Å². The van der Waals surface area contributed by atoms with Crippen molar-refractivity contribution in [2.45, 2.75) is 39.7 Å². The van der Waals surface area contributed by atoms with Crippen LogP contribution in [0.5, 0.6) is 0 Å². The first-order valence-electron chi connectivity index (χ1n) is 7.26. The Morgan fingerprint density at radius 1 is 1.32 bits per heavy atom. The lowest BCUT2D eigenvalue weighted by Crippen LogP contribution is -2.48. The Morgan fingerprint density at radius 2 is 1.95 bits per heavy atom. The molecule has 22 heavy (non-hydrogen) atoms. The lowest BCUT2D eigenvalue weighted by Gasteiger charge is -2.24. The van der Waals surface area contributed by atoms with E-state index in [1.54, 1.807) is 18.2 Å². The number of nitrogens with one attached hydrogen (secondary N) is 2. The maximum absolute atomic E-state index is 12.3. The Labute approximate surface area is 136 Å². The number of anilines is 1. The molecule has 0 spiro atoms. The van der Waals surface area contributed by atoms with Crippen LogP contribution in [-0.4, -0.2) is 23.9 Å². The highest BCUT2D eigenvalue weighted by atomic mass is 35.5. The van der Waals surface area contributed by atoms with Crippen LogP contribution in [0.1, 0.15) is 44.5 Å². The van der Waals surface area contributed by atoms with Gasteiger partial charge in [0.15, 0.2) is 0 Å². The number of hydrogen-bond acceptors (Lipinski definition) is 3. The Kier molecular flexibility index (Phi) is 6.38. The second-order valence-electron chi connectivity index (χ2n) is 6.38. The molecule has 0 saturated heterocycles. The van der Waals surface area contributed by atoms with E-state index in [9.17, 15) is 9.59 Å². The van der Waals surface area contributed by atoms with Gasteiger partial charge in [-0.15, -0.1) is 0 Å². The highest BCUT2D eigenvalue weighted by Gasteiger charge is 2.21. The first kappa shape index (κ1) is 18.5. The fourth-order valence-electron chi connectivity index (χ4n) is 1.79. The predicted octanol–water partition coefficient (Wildman–Crippen LogP) is 2.79. The standard InChI is InChI=1S/C16H24ClN3O2/c1-10(2)7-14(21)19-11-5-6-13(17)12(8-11)15(22)20-16(3,4)9-18/h5-6,8,10H,7,9,18H2,1-4H3,(H,19,21)(H,20,22). The minimum Gasteiger partial charge on any atom is -0.346 e. The van der Waals surface area contributed by atoms with Crippen LogP contribution in [0, 0.1) is 5.92 Å². The van der Waals surface area contributed by atoms with E-state index in [0.717, 1.165) is 0 Å². The average molecular weight is 326 g/mol. The number of carbonyl (C=O) groups excluding carboxylic acids is 2. The van der Waals surface area contributed by atoms with Crippen molar-refractivity contribution < 1.29 is 9.59 Å². The van der Waals surface area contributed by atoms with E-state index >= 15 is 0 Å². The van der Waals surface area contributed by atoms with Gasteiger partial charge in [0, 0.05) is 24.2 Å². The molecule has 0 saturated carbocycles. The fraction of sp³-hybridized carbons (Fsp3) is 0.500. The van der Waals surface area contributed by atoms with Crippen molar-refractivity contribution in [3.8, 4) is 0 Å². The molecule has 0 aromatic heterocycles. The molecule has 0 atom stereocenters. The molecule has 0 bridgehead atoms. The molecular formula is C16H24ClN3O2. The van der Waals surface area contributed by atoms with Crippen LogP contribution in [0.4, 0.5) is 5.69 Å². The lowest BCUT2D eigenvalue weighted by molar-refractivity contribution is -0.116. The Bertz CT molecular complexity index is 556. The molecule has 0 heterocycles. The van der Waals surface area contributed by atoms with E-state index in [2.05, 4.69) is 10.6 Å². The van der Waals surface area contributed by atoms with Gasteiger partial charge in [-0.05, 0) is 38.0 Å². The van der Waals surface area contributed by atoms with Crippen molar-refractivity contribution in [3.63, 3.8) is 0 Å². The van der Waals surface area contributed by atoms with Gasteiger partial charge in [0.1, 0.15) is 0 Å². The van der Waals surface area contributed by atoms with Crippen molar-refractivity contribution in [2.24, 2.45) is 11.7 Å². The number of halogens is 1. The summed E-state index contributed by atoms with van der Waals surface area (Å²) in [7, 11) is 0. The van der Waals surface area contributed by atoms with Crippen LogP contribution >= 0.6 is 11.6 Å². The summed E-state index contributed by atoms with van der Waals surface area (Å²) in [6.45, 7) is 7.89. The average Bonchev–Trinajstić information content (AvgIpc) is 2.39. The highest BCUT2D eigenvalue weighted by Crippen LogP contribution is 2.21. The second-order valence-corrected chi connectivity index (χ2v) is 6.79. The molecule has 2 amide bonds. The number of nitrogens with two attached hydrogens (primary N) is 1. The Hall–Kier alpha value is -1.59. The maximum atomic E-state index is 12.3. The summed E-state index contributed by atoms with van der Waals surface area (Å²) in [6, 6.07) is 4.84. The molecule has 0 unspecified atom stereocenters. The molecule has 1 rings (SSSR count).